The van der Waals surface area contributed by atoms with Gasteiger partial charge in [-0.25, -0.2) is 0 Å². The van der Waals surface area contributed by atoms with Crippen LogP contribution in [-0.2, 0) is 0 Å². The quantitative estimate of drug-likeness (QED) is 0.648. The molecule has 2 heterocycles. The molecule has 13 heavy (non-hydrogen) atoms. The topological polar surface area (TPSA) is 27.0 Å². The van der Waals surface area contributed by atoms with Crippen molar-refractivity contribution in [2.75, 3.05) is 6.54 Å². The first-order valence-electron chi connectivity index (χ1n) is 5.29. The van der Waals surface area contributed by atoms with Gasteiger partial charge in [0, 0.05) is 18.6 Å². The van der Waals surface area contributed by atoms with E-state index < -0.39 is 0 Å². The standard InChI is InChI=1S/C11H18N2/c1-11(2,7-12)8-13-9-3-4-10(13)6-5-9/h9-10H,3-6,8H2,1-2H3. The predicted molar refractivity (Wildman–Crippen MR) is 52.1 cm³/mol. The molecular weight excluding hydrogens is 160 g/mol. The number of nitriles is 1. The fourth-order valence-corrected chi connectivity index (χ4v) is 2.77. The molecule has 2 aliphatic heterocycles. The Morgan fingerprint density at radius 3 is 2.08 bits per heavy atom. The van der Waals surface area contributed by atoms with Crippen molar-refractivity contribution in [3.63, 3.8) is 0 Å². The summed E-state index contributed by atoms with van der Waals surface area (Å²) in [5, 5.41) is 8.97. The Bertz CT molecular complexity index is 219. The number of nitrogens with zero attached hydrogens (tertiary/aromatic N) is 2. The molecule has 0 spiro atoms. The van der Waals surface area contributed by atoms with E-state index in [9.17, 15) is 0 Å². The third kappa shape index (κ3) is 1.58. The van der Waals surface area contributed by atoms with Crippen LogP contribution in [0.5, 0.6) is 0 Å². The minimum Gasteiger partial charge on any atom is -0.296 e. The largest absolute Gasteiger partial charge is 0.296 e. The van der Waals surface area contributed by atoms with Crippen molar-refractivity contribution < 1.29 is 0 Å². The summed E-state index contributed by atoms with van der Waals surface area (Å²) in [6.45, 7) is 5.06. The summed E-state index contributed by atoms with van der Waals surface area (Å²) in [6, 6.07) is 4.00. The minimum atomic E-state index is -0.162. The molecule has 0 aromatic rings. The van der Waals surface area contributed by atoms with Crippen LogP contribution in [0.4, 0.5) is 0 Å². The van der Waals surface area contributed by atoms with Crippen LogP contribution in [0.1, 0.15) is 39.5 Å². The molecule has 2 rings (SSSR count). The minimum absolute atomic E-state index is 0.162. The molecule has 0 radical (unpaired) electrons. The maximum Gasteiger partial charge on any atom is 0.0697 e. The van der Waals surface area contributed by atoms with Crippen LogP contribution < -0.4 is 0 Å². The van der Waals surface area contributed by atoms with E-state index in [0.29, 0.717) is 0 Å². The van der Waals surface area contributed by atoms with Crippen LogP contribution in [-0.4, -0.2) is 23.5 Å². The van der Waals surface area contributed by atoms with E-state index in [1.165, 1.54) is 25.7 Å². The van der Waals surface area contributed by atoms with Gasteiger partial charge >= 0.3 is 0 Å². The molecule has 0 aromatic carbocycles. The summed E-state index contributed by atoms with van der Waals surface area (Å²) in [5.74, 6) is 0. The summed E-state index contributed by atoms with van der Waals surface area (Å²) in [6.07, 6.45) is 5.47. The van der Waals surface area contributed by atoms with Crippen LogP contribution in [0.2, 0.25) is 0 Å². The Kier molecular flexibility index (Phi) is 2.08. The molecule has 0 saturated carbocycles. The molecule has 2 heteroatoms. The van der Waals surface area contributed by atoms with Crippen molar-refractivity contribution in [2.45, 2.75) is 51.6 Å². The lowest BCUT2D eigenvalue weighted by molar-refractivity contribution is 0.195. The van der Waals surface area contributed by atoms with E-state index in [0.717, 1.165) is 18.6 Å². The molecule has 72 valence electrons. The molecule has 0 aromatic heterocycles. The van der Waals surface area contributed by atoms with Gasteiger partial charge in [0.15, 0.2) is 0 Å². The lowest BCUT2D eigenvalue weighted by Crippen LogP contribution is -2.36. The maximum absolute atomic E-state index is 8.97. The molecule has 2 nitrogen and oxygen atoms in total. The highest BCUT2D eigenvalue weighted by atomic mass is 15.2. The van der Waals surface area contributed by atoms with Crippen LogP contribution in [0.25, 0.3) is 0 Å². The van der Waals surface area contributed by atoms with Crippen molar-refractivity contribution >= 4 is 0 Å². The van der Waals surface area contributed by atoms with Gasteiger partial charge in [-0.1, -0.05) is 0 Å². The first kappa shape index (κ1) is 9.02. The van der Waals surface area contributed by atoms with Gasteiger partial charge in [-0.05, 0) is 39.5 Å². The molecule has 0 N–H and O–H groups in total. The van der Waals surface area contributed by atoms with Crippen LogP contribution >= 0.6 is 0 Å². The summed E-state index contributed by atoms with van der Waals surface area (Å²) >= 11 is 0. The molecule has 0 aliphatic carbocycles. The smallest absolute Gasteiger partial charge is 0.0697 e. The molecule has 0 amide bonds. The van der Waals surface area contributed by atoms with E-state index in [2.05, 4.69) is 11.0 Å². The van der Waals surface area contributed by atoms with Gasteiger partial charge in [-0.2, -0.15) is 5.26 Å². The second kappa shape index (κ2) is 2.99. The Morgan fingerprint density at radius 1 is 1.23 bits per heavy atom. The van der Waals surface area contributed by atoms with Crippen molar-refractivity contribution in [1.29, 1.82) is 5.26 Å². The predicted octanol–water partition coefficient (Wildman–Crippen LogP) is 2.16. The summed E-state index contributed by atoms with van der Waals surface area (Å²) in [5.41, 5.74) is -0.162. The first-order chi connectivity index (χ1) is 6.12. The van der Waals surface area contributed by atoms with Gasteiger partial charge in [-0.15, -0.1) is 0 Å². The van der Waals surface area contributed by atoms with Crippen LogP contribution in [0.15, 0.2) is 0 Å². The van der Waals surface area contributed by atoms with Crippen molar-refractivity contribution in [3.8, 4) is 6.07 Å². The monoisotopic (exact) mass is 178 g/mol. The van der Waals surface area contributed by atoms with E-state index >= 15 is 0 Å². The van der Waals surface area contributed by atoms with Gasteiger partial charge in [0.25, 0.3) is 0 Å². The third-order valence-electron chi connectivity index (χ3n) is 3.48. The Balaban J connectivity index is 2.00. The average Bonchev–Trinajstić information content (AvgIpc) is 2.65. The van der Waals surface area contributed by atoms with E-state index in [1.807, 2.05) is 13.8 Å². The fourth-order valence-electron chi connectivity index (χ4n) is 2.77. The van der Waals surface area contributed by atoms with Crippen molar-refractivity contribution in [1.82, 2.24) is 4.90 Å². The van der Waals surface area contributed by atoms with Gasteiger partial charge in [0.1, 0.15) is 0 Å². The Labute approximate surface area is 80.5 Å². The lowest BCUT2D eigenvalue weighted by Gasteiger charge is -2.27. The SMILES string of the molecule is CC(C)(C#N)CN1C2CCC1CC2. The summed E-state index contributed by atoms with van der Waals surface area (Å²) < 4.78 is 0. The van der Waals surface area contributed by atoms with Gasteiger partial charge in [-0.3, -0.25) is 4.90 Å². The zero-order chi connectivity index (χ0) is 9.47. The number of hydrogen-bond donors (Lipinski definition) is 0. The van der Waals surface area contributed by atoms with Crippen molar-refractivity contribution in [3.05, 3.63) is 0 Å². The number of rotatable bonds is 2. The zero-order valence-electron chi connectivity index (χ0n) is 8.58. The summed E-state index contributed by atoms with van der Waals surface area (Å²) in [7, 11) is 0. The lowest BCUT2D eigenvalue weighted by atomic mass is 9.95. The molecule has 2 aliphatic rings. The Hall–Kier alpha value is -0.550. The van der Waals surface area contributed by atoms with Gasteiger partial charge in [0.2, 0.25) is 0 Å². The maximum atomic E-state index is 8.97. The number of hydrogen-bond acceptors (Lipinski definition) is 2. The van der Waals surface area contributed by atoms with Crippen molar-refractivity contribution in [2.24, 2.45) is 5.41 Å². The fraction of sp³-hybridized carbons (Fsp3) is 0.909. The second-order valence-corrected chi connectivity index (χ2v) is 5.13. The first-order valence-corrected chi connectivity index (χ1v) is 5.29. The average molecular weight is 178 g/mol. The molecule has 2 bridgehead atoms. The highest BCUT2D eigenvalue weighted by Gasteiger charge is 2.41. The molecule has 2 fully saturated rings. The van der Waals surface area contributed by atoms with E-state index in [-0.39, 0.29) is 5.41 Å². The zero-order valence-corrected chi connectivity index (χ0v) is 8.58. The molecule has 2 saturated heterocycles. The van der Waals surface area contributed by atoms with Gasteiger partial charge in [0.05, 0.1) is 11.5 Å². The van der Waals surface area contributed by atoms with E-state index in [1.54, 1.807) is 0 Å². The number of fused-ring (bicyclic) bond motifs is 2. The highest BCUT2D eigenvalue weighted by Crippen LogP contribution is 2.39. The Morgan fingerprint density at radius 2 is 1.69 bits per heavy atom. The molecular formula is C11H18N2. The second-order valence-electron chi connectivity index (χ2n) is 5.13. The highest BCUT2D eigenvalue weighted by molar-refractivity contribution is 5.01. The van der Waals surface area contributed by atoms with Crippen LogP contribution in [0, 0.1) is 16.7 Å². The van der Waals surface area contributed by atoms with E-state index in [4.69, 9.17) is 5.26 Å². The normalized spacial score (nSPS) is 33.6. The van der Waals surface area contributed by atoms with Crippen LogP contribution in [0.3, 0.4) is 0 Å². The molecule has 0 unspecified atom stereocenters. The third-order valence-corrected chi connectivity index (χ3v) is 3.48. The van der Waals surface area contributed by atoms with Gasteiger partial charge < -0.3 is 0 Å². The summed E-state index contributed by atoms with van der Waals surface area (Å²) in [4.78, 5) is 2.57. The molecule has 0 atom stereocenters.